The van der Waals surface area contributed by atoms with Crippen LogP contribution < -0.4 is 0 Å². The zero-order valence-corrected chi connectivity index (χ0v) is 22.3. The van der Waals surface area contributed by atoms with E-state index in [0.29, 0.717) is 15.7 Å². The van der Waals surface area contributed by atoms with Gasteiger partial charge in [0.1, 0.15) is 16.5 Å². The Morgan fingerprint density at radius 2 is 1.08 bits per heavy atom. The minimum Gasteiger partial charge on any atom is -0.416 e. The molecule has 0 fully saturated rings. The molecule has 0 radical (unpaired) electrons. The Bertz CT molecular complexity index is 380. The smallest absolute Gasteiger partial charge is 0.202 e. The highest BCUT2D eigenvalue weighted by molar-refractivity contribution is 6.94. The lowest BCUT2D eigenvalue weighted by Gasteiger charge is -2.61. The van der Waals surface area contributed by atoms with Gasteiger partial charge in [-0.25, -0.2) is 0 Å². The van der Waals surface area contributed by atoms with E-state index < -0.39 is 24.8 Å². The summed E-state index contributed by atoms with van der Waals surface area (Å²) >= 11 is 0. The quantitative estimate of drug-likeness (QED) is 0.441. The van der Waals surface area contributed by atoms with Crippen molar-refractivity contribution in [3.05, 3.63) is 0 Å². The third-order valence-electron chi connectivity index (χ3n) is 6.89. The lowest BCUT2D eigenvalue weighted by atomic mass is 10.2. The first-order valence-electron chi connectivity index (χ1n) is 9.81. The normalized spacial score (nSPS) is 16.6. The summed E-state index contributed by atoms with van der Waals surface area (Å²) in [6.45, 7) is 35.4. The lowest BCUT2D eigenvalue weighted by molar-refractivity contribution is 0.298. The first-order valence-corrected chi connectivity index (χ1v) is 18.7. The van der Waals surface area contributed by atoms with E-state index in [0.717, 1.165) is 6.61 Å². The Labute approximate surface area is 157 Å². The molecule has 2 nitrogen and oxygen atoms in total. The van der Waals surface area contributed by atoms with E-state index in [1.165, 1.54) is 6.42 Å². The van der Waals surface area contributed by atoms with Crippen LogP contribution in [0.1, 0.15) is 61.8 Å². The Morgan fingerprint density at radius 3 is 1.29 bits per heavy atom. The van der Waals surface area contributed by atoms with Gasteiger partial charge in [0, 0.05) is 12.3 Å². The van der Waals surface area contributed by atoms with Crippen LogP contribution in [0.2, 0.25) is 49.4 Å². The van der Waals surface area contributed by atoms with Crippen molar-refractivity contribution in [2.24, 2.45) is 0 Å². The molecule has 5 heteroatoms. The molecule has 0 aromatic carbocycles. The van der Waals surface area contributed by atoms with Crippen LogP contribution >= 0.6 is 0 Å². The van der Waals surface area contributed by atoms with Gasteiger partial charge in [-0.2, -0.15) is 0 Å². The molecule has 1 unspecified atom stereocenters. The summed E-state index contributed by atoms with van der Waals surface area (Å²) in [5.74, 6) is 0. The number of hydrogen-bond donors (Lipinski definition) is 0. The van der Waals surface area contributed by atoms with Crippen molar-refractivity contribution in [2.75, 3.05) is 6.61 Å². The summed E-state index contributed by atoms with van der Waals surface area (Å²) in [5.41, 5.74) is 0.610. The Balaban J connectivity index is 6.46. The summed E-state index contributed by atoms with van der Waals surface area (Å²) in [7, 11) is -5.08. The molecule has 0 spiro atoms. The summed E-state index contributed by atoms with van der Waals surface area (Å²) < 4.78 is 9.53. The van der Waals surface area contributed by atoms with Crippen LogP contribution in [0.3, 0.4) is 0 Å². The second-order valence-corrected chi connectivity index (χ2v) is 25.8. The van der Waals surface area contributed by atoms with Crippen LogP contribution in [-0.2, 0) is 4.43 Å². The summed E-state index contributed by atoms with van der Waals surface area (Å²) in [4.78, 5) is 0. The van der Waals surface area contributed by atoms with Crippen molar-refractivity contribution < 1.29 is 4.43 Å². The molecule has 0 N–H and O–H groups in total. The number of rotatable bonds is 7. The third-order valence-corrected chi connectivity index (χ3v) is 24.4. The first kappa shape index (κ1) is 24.6. The van der Waals surface area contributed by atoms with Crippen LogP contribution in [0.15, 0.2) is 0 Å². The first-order chi connectivity index (χ1) is 10.4. The minimum absolute atomic E-state index is 0.354. The summed E-state index contributed by atoms with van der Waals surface area (Å²) in [5, 5.41) is 0.708. The minimum atomic E-state index is -1.78. The fourth-order valence-corrected chi connectivity index (χ4v) is 21.0. The van der Waals surface area contributed by atoms with Crippen molar-refractivity contribution in [2.45, 2.75) is 117 Å². The third kappa shape index (κ3) is 4.84. The predicted molar refractivity (Wildman–Crippen MR) is 119 cm³/mol. The van der Waals surface area contributed by atoms with E-state index in [4.69, 9.17) is 4.43 Å². The molecule has 0 rings (SSSR count). The van der Waals surface area contributed by atoms with Gasteiger partial charge in [0.2, 0.25) is 8.32 Å². The second kappa shape index (κ2) is 7.67. The van der Waals surface area contributed by atoms with Gasteiger partial charge in [-0.1, -0.05) is 74.7 Å². The predicted octanol–water partition coefficient (Wildman–Crippen LogP) is 6.86. The zero-order valence-electron chi connectivity index (χ0n) is 19.3. The molecule has 0 heterocycles. The van der Waals surface area contributed by atoms with Crippen molar-refractivity contribution in [1.29, 1.82) is 0 Å². The van der Waals surface area contributed by atoms with Gasteiger partial charge in [0.15, 0.2) is 0 Å². The van der Waals surface area contributed by atoms with E-state index in [1.54, 1.807) is 0 Å². The fourth-order valence-electron chi connectivity index (χ4n) is 3.65. The van der Waals surface area contributed by atoms with Gasteiger partial charge in [-0.15, -0.1) is 0 Å². The van der Waals surface area contributed by atoms with Gasteiger partial charge in [-0.3, -0.25) is 0 Å². The van der Waals surface area contributed by atoms with Crippen LogP contribution in [0.25, 0.3) is 0 Å². The van der Waals surface area contributed by atoms with E-state index in [1.807, 2.05) is 0 Å². The van der Waals surface area contributed by atoms with Crippen LogP contribution in [0.5, 0.6) is 0 Å². The van der Waals surface area contributed by atoms with Crippen LogP contribution in [0, 0.1) is 0 Å². The van der Waals surface area contributed by atoms with Crippen LogP contribution in [-0.4, -0.2) is 41.3 Å². The van der Waals surface area contributed by atoms with E-state index in [-0.39, 0.29) is 0 Å². The molecule has 0 amide bonds. The monoisotopic (exact) mass is 389 g/mol. The fraction of sp³-hybridized carbons (Fsp3) is 1.00. The Hall–Kier alpha value is 0.571. The summed E-state index contributed by atoms with van der Waals surface area (Å²) in [6.07, 6.45) is 1.21. The SMILES string of the molecule is CCO[Si](C)(C)C(CC)N([Si](C)(C)C(C)(C)C)[Si](C)(C)C(C)(C)C. The zero-order chi connectivity index (χ0) is 19.8. The maximum absolute atomic E-state index is 6.42. The number of hydrogen-bond acceptors (Lipinski definition) is 2. The molecule has 1 atom stereocenters. The average molecular weight is 390 g/mol. The Morgan fingerprint density at radius 1 is 0.750 bits per heavy atom. The molecule has 146 valence electrons. The Kier molecular flexibility index (Phi) is 7.85. The van der Waals surface area contributed by atoms with Gasteiger partial charge in [0.05, 0.1) is 0 Å². The van der Waals surface area contributed by atoms with Gasteiger partial charge in [0.25, 0.3) is 0 Å². The van der Waals surface area contributed by atoms with Crippen LogP contribution in [0.4, 0.5) is 0 Å². The highest BCUT2D eigenvalue weighted by atomic mass is 28.4. The van der Waals surface area contributed by atoms with E-state index in [2.05, 4.69) is 98.9 Å². The molecule has 24 heavy (non-hydrogen) atoms. The topological polar surface area (TPSA) is 12.5 Å². The van der Waals surface area contributed by atoms with Crippen molar-refractivity contribution >= 4 is 24.8 Å². The molecular formula is C19H47NOSi3. The summed E-state index contributed by atoms with van der Waals surface area (Å²) in [6, 6.07) is 0. The maximum atomic E-state index is 6.42. The van der Waals surface area contributed by atoms with E-state index in [9.17, 15) is 0 Å². The molecule has 0 aliphatic rings. The maximum Gasteiger partial charge on any atom is 0.202 e. The molecule has 0 aromatic heterocycles. The van der Waals surface area contributed by atoms with Gasteiger partial charge < -0.3 is 8.66 Å². The highest BCUT2D eigenvalue weighted by Gasteiger charge is 2.56. The van der Waals surface area contributed by atoms with Gasteiger partial charge in [-0.05, 0) is 36.5 Å². The molecular weight excluding hydrogens is 342 g/mol. The number of nitrogens with zero attached hydrogens (tertiary/aromatic N) is 1. The largest absolute Gasteiger partial charge is 0.416 e. The molecule has 0 bridgehead atoms. The molecule has 0 aliphatic heterocycles. The van der Waals surface area contributed by atoms with E-state index >= 15 is 0 Å². The second-order valence-electron chi connectivity index (χ2n) is 10.9. The lowest BCUT2D eigenvalue weighted by Crippen LogP contribution is -2.75. The van der Waals surface area contributed by atoms with Crippen molar-refractivity contribution in [3.63, 3.8) is 0 Å². The molecule has 0 saturated carbocycles. The molecule has 0 saturated heterocycles. The standard InChI is InChI=1S/C19H47NOSi3/c1-15-17(22(9,10)21-16-2)20(23(11,12)18(3,4)5)24(13,14)19(6,7)8/h17H,15-16H2,1-14H3. The molecule has 0 aliphatic carbocycles. The van der Waals surface area contributed by atoms with Gasteiger partial charge >= 0.3 is 0 Å². The van der Waals surface area contributed by atoms with Crippen molar-refractivity contribution in [3.8, 4) is 0 Å². The molecule has 0 aromatic rings. The highest BCUT2D eigenvalue weighted by Crippen LogP contribution is 2.49. The average Bonchev–Trinajstić information content (AvgIpc) is 2.31. The van der Waals surface area contributed by atoms with Crippen molar-refractivity contribution in [1.82, 2.24) is 4.23 Å².